The van der Waals surface area contributed by atoms with Crippen molar-refractivity contribution in [3.8, 4) is 0 Å². The highest BCUT2D eigenvalue weighted by Gasteiger charge is 2.13. The zero-order valence-electron chi connectivity index (χ0n) is 11.5. The fourth-order valence-corrected chi connectivity index (χ4v) is 2.64. The summed E-state index contributed by atoms with van der Waals surface area (Å²) in [6, 6.07) is 6.67. The molecule has 0 spiro atoms. The van der Waals surface area contributed by atoms with Gasteiger partial charge in [0.1, 0.15) is 0 Å². The molecule has 1 heterocycles. The average Bonchev–Trinajstić information content (AvgIpc) is 2.78. The van der Waals surface area contributed by atoms with E-state index in [0.29, 0.717) is 16.8 Å². The van der Waals surface area contributed by atoms with Crippen molar-refractivity contribution in [2.75, 3.05) is 12.4 Å². The molecule has 0 fully saturated rings. The van der Waals surface area contributed by atoms with Gasteiger partial charge in [0.15, 0.2) is 0 Å². The summed E-state index contributed by atoms with van der Waals surface area (Å²) in [5.41, 5.74) is 2.62. The predicted octanol–water partition coefficient (Wildman–Crippen LogP) is 3.40. The van der Waals surface area contributed by atoms with E-state index >= 15 is 0 Å². The summed E-state index contributed by atoms with van der Waals surface area (Å²) in [6.45, 7) is 3.90. The molecule has 1 aromatic carbocycles. The van der Waals surface area contributed by atoms with E-state index in [2.05, 4.69) is 10.1 Å². The number of hydrogen-bond acceptors (Lipinski definition) is 4. The van der Waals surface area contributed by atoms with Crippen LogP contribution in [0.15, 0.2) is 29.6 Å². The number of nitrogens with one attached hydrogen (secondary N) is 1. The van der Waals surface area contributed by atoms with Crippen molar-refractivity contribution in [3.05, 3.63) is 51.2 Å². The molecule has 0 saturated carbocycles. The second-order valence-corrected chi connectivity index (χ2v) is 5.44. The van der Waals surface area contributed by atoms with Crippen LogP contribution < -0.4 is 5.32 Å². The number of hydrogen-bond donors (Lipinski definition) is 1. The Hall–Kier alpha value is -2.14. The van der Waals surface area contributed by atoms with E-state index in [-0.39, 0.29) is 5.91 Å². The van der Waals surface area contributed by atoms with Gasteiger partial charge < -0.3 is 10.1 Å². The van der Waals surface area contributed by atoms with Gasteiger partial charge in [-0.15, -0.1) is 11.3 Å². The van der Waals surface area contributed by atoms with Gasteiger partial charge in [0, 0.05) is 15.9 Å². The molecular weight excluding hydrogens is 274 g/mol. The van der Waals surface area contributed by atoms with Crippen LogP contribution in [-0.4, -0.2) is 19.0 Å². The van der Waals surface area contributed by atoms with Crippen molar-refractivity contribution < 1.29 is 14.3 Å². The fraction of sp³-hybridized carbons (Fsp3) is 0.200. The first-order valence-electron chi connectivity index (χ1n) is 6.07. The van der Waals surface area contributed by atoms with Crippen molar-refractivity contribution in [3.63, 3.8) is 0 Å². The first-order valence-corrected chi connectivity index (χ1v) is 6.95. The number of thiophene rings is 1. The van der Waals surface area contributed by atoms with Crippen molar-refractivity contribution >= 4 is 28.9 Å². The van der Waals surface area contributed by atoms with Crippen LogP contribution in [0.25, 0.3) is 0 Å². The van der Waals surface area contributed by atoms with Crippen molar-refractivity contribution in [2.45, 2.75) is 13.8 Å². The molecule has 5 heteroatoms. The molecule has 2 aromatic rings. The minimum absolute atomic E-state index is 0.172. The molecule has 4 nitrogen and oxygen atoms in total. The lowest BCUT2D eigenvalue weighted by atomic mass is 10.1. The lowest BCUT2D eigenvalue weighted by Crippen LogP contribution is -2.13. The van der Waals surface area contributed by atoms with E-state index in [1.165, 1.54) is 7.11 Å². The highest BCUT2D eigenvalue weighted by atomic mass is 32.1. The van der Waals surface area contributed by atoms with E-state index in [1.807, 2.05) is 19.2 Å². The molecule has 0 saturated heterocycles. The predicted molar refractivity (Wildman–Crippen MR) is 79.5 cm³/mol. The Morgan fingerprint density at radius 2 is 2.00 bits per heavy atom. The lowest BCUT2D eigenvalue weighted by Gasteiger charge is -2.06. The highest BCUT2D eigenvalue weighted by Crippen LogP contribution is 2.22. The molecule has 0 radical (unpaired) electrons. The Labute approximate surface area is 121 Å². The zero-order chi connectivity index (χ0) is 14.7. The minimum atomic E-state index is -0.427. The molecule has 2 rings (SSSR count). The number of carbonyl (C=O) groups excluding carboxylic acids is 2. The number of methoxy groups -OCH3 is 1. The molecule has 1 aromatic heterocycles. The van der Waals surface area contributed by atoms with E-state index < -0.39 is 5.97 Å². The molecule has 0 aliphatic rings. The first kappa shape index (κ1) is 14.3. The smallest absolute Gasteiger partial charge is 0.337 e. The van der Waals surface area contributed by atoms with Gasteiger partial charge in [-0.05, 0) is 37.6 Å². The Bertz CT molecular complexity index is 661. The molecule has 0 unspecified atom stereocenters. The SMILES string of the molecule is COC(=O)c1cccc(NC(=O)c2csc(C)c2C)c1. The summed E-state index contributed by atoms with van der Waals surface area (Å²) in [6.07, 6.45) is 0. The number of carbonyl (C=O) groups is 2. The third kappa shape index (κ3) is 2.88. The topological polar surface area (TPSA) is 55.4 Å². The largest absolute Gasteiger partial charge is 0.465 e. The maximum atomic E-state index is 12.2. The van der Waals surface area contributed by atoms with Crippen LogP contribution in [0.2, 0.25) is 0 Å². The summed E-state index contributed by atoms with van der Waals surface area (Å²) < 4.78 is 4.65. The zero-order valence-corrected chi connectivity index (χ0v) is 12.3. The van der Waals surface area contributed by atoms with Crippen LogP contribution in [-0.2, 0) is 4.74 Å². The molecule has 0 aliphatic heterocycles. The number of anilines is 1. The quantitative estimate of drug-likeness (QED) is 0.881. The summed E-state index contributed by atoms with van der Waals surface area (Å²) in [5, 5.41) is 4.63. The van der Waals surface area contributed by atoms with Gasteiger partial charge in [0.05, 0.1) is 18.2 Å². The second kappa shape index (κ2) is 5.88. The summed E-state index contributed by atoms with van der Waals surface area (Å²) in [7, 11) is 1.32. The Balaban J connectivity index is 2.20. The van der Waals surface area contributed by atoms with Gasteiger partial charge in [-0.2, -0.15) is 0 Å². The summed E-state index contributed by atoms with van der Waals surface area (Å²) >= 11 is 1.55. The van der Waals surface area contributed by atoms with Crippen molar-refractivity contribution in [1.82, 2.24) is 0 Å². The van der Waals surface area contributed by atoms with Crippen LogP contribution in [0.1, 0.15) is 31.2 Å². The Morgan fingerprint density at radius 3 is 2.60 bits per heavy atom. The number of benzene rings is 1. The molecule has 20 heavy (non-hydrogen) atoms. The maximum Gasteiger partial charge on any atom is 0.337 e. The number of aryl methyl sites for hydroxylation is 1. The van der Waals surface area contributed by atoms with Crippen LogP contribution in [0.5, 0.6) is 0 Å². The van der Waals surface area contributed by atoms with Crippen LogP contribution in [0.3, 0.4) is 0 Å². The first-order chi connectivity index (χ1) is 9.52. The van der Waals surface area contributed by atoms with Gasteiger partial charge in [-0.1, -0.05) is 6.07 Å². The Kier molecular flexibility index (Phi) is 4.20. The lowest BCUT2D eigenvalue weighted by molar-refractivity contribution is 0.0600. The summed E-state index contributed by atoms with van der Waals surface area (Å²) in [5.74, 6) is -0.600. The third-order valence-electron chi connectivity index (χ3n) is 3.07. The monoisotopic (exact) mass is 289 g/mol. The average molecular weight is 289 g/mol. The van der Waals surface area contributed by atoms with E-state index in [4.69, 9.17) is 0 Å². The molecular formula is C15H15NO3S. The highest BCUT2D eigenvalue weighted by molar-refractivity contribution is 7.10. The van der Waals surface area contributed by atoms with Crippen LogP contribution >= 0.6 is 11.3 Å². The van der Waals surface area contributed by atoms with Gasteiger partial charge in [0.2, 0.25) is 0 Å². The molecule has 0 bridgehead atoms. The normalized spacial score (nSPS) is 10.2. The van der Waals surface area contributed by atoms with Crippen LogP contribution in [0, 0.1) is 13.8 Å². The van der Waals surface area contributed by atoms with Gasteiger partial charge >= 0.3 is 5.97 Å². The minimum Gasteiger partial charge on any atom is -0.465 e. The second-order valence-electron chi connectivity index (χ2n) is 4.36. The summed E-state index contributed by atoms with van der Waals surface area (Å²) in [4.78, 5) is 24.7. The number of amides is 1. The Morgan fingerprint density at radius 1 is 1.25 bits per heavy atom. The number of ether oxygens (including phenoxy) is 1. The molecule has 0 aliphatic carbocycles. The molecule has 1 N–H and O–H groups in total. The van der Waals surface area contributed by atoms with Gasteiger partial charge in [0.25, 0.3) is 5.91 Å². The van der Waals surface area contributed by atoms with Crippen molar-refractivity contribution in [1.29, 1.82) is 0 Å². The number of rotatable bonds is 3. The molecule has 104 valence electrons. The standard InChI is InChI=1S/C15H15NO3S/c1-9-10(2)20-8-13(9)14(17)16-12-6-4-5-11(7-12)15(18)19-3/h4-8H,1-3H3,(H,16,17). The van der Waals surface area contributed by atoms with Gasteiger partial charge in [-0.3, -0.25) is 4.79 Å². The maximum absolute atomic E-state index is 12.2. The number of esters is 1. The third-order valence-corrected chi connectivity index (χ3v) is 4.09. The molecule has 0 atom stereocenters. The van der Waals surface area contributed by atoms with E-state index in [0.717, 1.165) is 10.4 Å². The van der Waals surface area contributed by atoms with Crippen molar-refractivity contribution in [2.24, 2.45) is 0 Å². The van der Waals surface area contributed by atoms with Crippen LogP contribution in [0.4, 0.5) is 5.69 Å². The van der Waals surface area contributed by atoms with Gasteiger partial charge in [-0.25, -0.2) is 4.79 Å². The fourth-order valence-electron chi connectivity index (χ4n) is 1.78. The molecule has 1 amide bonds. The van der Waals surface area contributed by atoms with E-state index in [1.54, 1.807) is 35.6 Å². The van der Waals surface area contributed by atoms with E-state index in [9.17, 15) is 9.59 Å².